The maximum Gasteiger partial charge on any atom is 0.236 e. The van der Waals surface area contributed by atoms with E-state index in [9.17, 15) is 4.79 Å². The van der Waals surface area contributed by atoms with E-state index in [4.69, 9.17) is 0 Å². The average Bonchev–Trinajstić information content (AvgIpc) is 2.77. The minimum Gasteiger partial charge on any atom is -0.274 e. The summed E-state index contributed by atoms with van der Waals surface area (Å²) in [7, 11) is 0. The van der Waals surface area contributed by atoms with Gasteiger partial charge in [-0.3, -0.25) is 4.79 Å². The number of nitrogens with one attached hydrogen (secondary N) is 1. The largest absolute Gasteiger partial charge is 0.274 e. The van der Waals surface area contributed by atoms with Gasteiger partial charge < -0.3 is 0 Å². The highest BCUT2D eigenvalue weighted by Crippen LogP contribution is 2.32. The maximum absolute atomic E-state index is 10.8. The van der Waals surface area contributed by atoms with E-state index in [0.717, 1.165) is 18.4 Å². The van der Waals surface area contributed by atoms with Gasteiger partial charge in [0, 0.05) is 12.5 Å². The van der Waals surface area contributed by atoms with Gasteiger partial charge in [0.2, 0.25) is 5.91 Å². The Morgan fingerprint density at radius 1 is 1.22 bits per heavy atom. The molecule has 0 spiro atoms. The second-order valence-corrected chi connectivity index (χ2v) is 4.58. The summed E-state index contributed by atoms with van der Waals surface area (Å²) >= 11 is 0. The van der Waals surface area contributed by atoms with Crippen LogP contribution in [0.4, 0.5) is 0 Å². The number of nitrogens with zero attached hydrogens (tertiary/aromatic N) is 1. The zero-order valence-electron chi connectivity index (χ0n) is 10.2. The number of aryl methyl sites for hydroxylation is 2. The lowest BCUT2D eigenvalue weighted by Crippen LogP contribution is -2.12. The van der Waals surface area contributed by atoms with Crippen molar-refractivity contribution in [3.05, 3.63) is 47.0 Å². The average molecular weight is 238 g/mol. The third-order valence-electron chi connectivity index (χ3n) is 3.34. The van der Waals surface area contributed by atoms with Gasteiger partial charge in [0.05, 0.1) is 6.21 Å². The fourth-order valence-electron chi connectivity index (χ4n) is 2.57. The SMILES string of the molecule is CC(=O)N/N=C/c1ccc2c3c(cccc13)CC2. The van der Waals surface area contributed by atoms with Gasteiger partial charge in [0.15, 0.2) is 0 Å². The molecule has 0 aliphatic heterocycles. The van der Waals surface area contributed by atoms with Gasteiger partial charge in [0.1, 0.15) is 0 Å². The van der Waals surface area contributed by atoms with Crippen LogP contribution < -0.4 is 5.43 Å². The van der Waals surface area contributed by atoms with Gasteiger partial charge in [-0.2, -0.15) is 5.10 Å². The van der Waals surface area contributed by atoms with E-state index in [1.54, 1.807) is 6.21 Å². The molecule has 3 nitrogen and oxygen atoms in total. The summed E-state index contributed by atoms with van der Waals surface area (Å²) in [5, 5.41) is 6.53. The first-order valence-corrected chi connectivity index (χ1v) is 6.09. The molecule has 0 radical (unpaired) electrons. The van der Waals surface area contributed by atoms with Crippen LogP contribution in [-0.2, 0) is 17.6 Å². The summed E-state index contributed by atoms with van der Waals surface area (Å²) in [6.07, 6.45) is 3.96. The predicted molar refractivity (Wildman–Crippen MR) is 72.8 cm³/mol. The Bertz CT molecular complexity index is 649. The van der Waals surface area contributed by atoms with E-state index in [2.05, 4.69) is 40.9 Å². The lowest BCUT2D eigenvalue weighted by Gasteiger charge is -2.05. The first kappa shape index (κ1) is 11.0. The summed E-state index contributed by atoms with van der Waals surface area (Å²) in [6, 6.07) is 10.6. The fourth-order valence-corrected chi connectivity index (χ4v) is 2.57. The molecule has 2 aromatic carbocycles. The van der Waals surface area contributed by atoms with Crippen molar-refractivity contribution in [2.75, 3.05) is 0 Å². The molecule has 3 rings (SSSR count). The van der Waals surface area contributed by atoms with Crippen LogP contribution in [0, 0.1) is 0 Å². The Morgan fingerprint density at radius 3 is 2.78 bits per heavy atom. The van der Waals surface area contributed by atoms with Crippen molar-refractivity contribution in [1.82, 2.24) is 5.43 Å². The zero-order valence-corrected chi connectivity index (χ0v) is 10.2. The molecule has 90 valence electrons. The third-order valence-corrected chi connectivity index (χ3v) is 3.34. The fraction of sp³-hybridized carbons (Fsp3) is 0.200. The molecule has 0 atom stereocenters. The van der Waals surface area contributed by atoms with E-state index in [-0.39, 0.29) is 5.91 Å². The lowest BCUT2D eigenvalue weighted by atomic mass is 10.0. The molecule has 2 aromatic rings. The van der Waals surface area contributed by atoms with Crippen molar-refractivity contribution >= 4 is 22.9 Å². The quantitative estimate of drug-likeness (QED) is 0.633. The molecule has 3 heteroatoms. The highest BCUT2D eigenvalue weighted by molar-refractivity contribution is 6.03. The molecule has 1 aliphatic carbocycles. The molecule has 1 amide bonds. The Hall–Kier alpha value is -2.16. The Kier molecular flexibility index (Phi) is 2.59. The molecule has 1 N–H and O–H groups in total. The minimum atomic E-state index is -0.155. The topological polar surface area (TPSA) is 41.5 Å². The molecular weight excluding hydrogens is 224 g/mol. The van der Waals surface area contributed by atoms with E-state index >= 15 is 0 Å². The minimum absolute atomic E-state index is 0.155. The number of carbonyl (C=O) groups excluding carboxylic acids is 1. The van der Waals surface area contributed by atoms with Crippen molar-refractivity contribution < 1.29 is 4.79 Å². The molecule has 18 heavy (non-hydrogen) atoms. The van der Waals surface area contributed by atoms with Gasteiger partial charge in [-0.05, 0) is 34.7 Å². The second kappa shape index (κ2) is 4.26. The predicted octanol–water partition coefficient (Wildman–Crippen LogP) is 2.41. The van der Waals surface area contributed by atoms with Gasteiger partial charge >= 0.3 is 0 Å². The van der Waals surface area contributed by atoms with Crippen LogP contribution in [0.2, 0.25) is 0 Å². The van der Waals surface area contributed by atoms with Crippen LogP contribution in [-0.4, -0.2) is 12.1 Å². The van der Waals surface area contributed by atoms with Crippen molar-refractivity contribution in [3.8, 4) is 0 Å². The van der Waals surface area contributed by atoms with Crippen molar-refractivity contribution in [2.45, 2.75) is 19.8 Å². The zero-order chi connectivity index (χ0) is 12.5. The first-order chi connectivity index (χ1) is 8.75. The Balaban J connectivity index is 2.09. The molecule has 0 aromatic heterocycles. The Morgan fingerprint density at radius 2 is 2.00 bits per heavy atom. The normalized spacial score (nSPS) is 13.4. The van der Waals surface area contributed by atoms with Crippen molar-refractivity contribution in [2.24, 2.45) is 5.10 Å². The van der Waals surface area contributed by atoms with Crippen LogP contribution in [0.15, 0.2) is 35.4 Å². The van der Waals surface area contributed by atoms with Crippen molar-refractivity contribution in [3.63, 3.8) is 0 Å². The molecule has 0 unspecified atom stereocenters. The van der Waals surface area contributed by atoms with Crippen LogP contribution in [0.1, 0.15) is 23.6 Å². The molecule has 0 saturated carbocycles. The van der Waals surface area contributed by atoms with Crippen LogP contribution in [0.25, 0.3) is 10.8 Å². The molecule has 0 fully saturated rings. The number of benzene rings is 2. The summed E-state index contributed by atoms with van der Waals surface area (Å²) in [6.45, 7) is 1.45. The number of rotatable bonds is 2. The standard InChI is InChI=1S/C15H14N2O/c1-10(18)17-16-9-13-8-7-12-6-5-11-3-2-4-14(13)15(11)12/h2-4,7-9H,5-6H2,1H3,(H,17,18)/b16-9+. The summed E-state index contributed by atoms with van der Waals surface area (Å²) in [5.74, 6) is -0.155. The molecular formula is C15H14N2O. The number of hydrazone groups is 1. The van der Waals surface area contributed by atoms with E-state index in [1.807, 2.05) is 0 Å². The van der Waals surface area contributed by atoms with Gasteiger partial charge in [-0.25, -0.2) is 5.43 Å². The maximum atomic E-state index is 10.8. The summed E-state index contributed by atoms with van der Waals surface area (Å²) in [5.41, 5.74) is 6.31. The monoisotopic (exact) mass is 238 g/mol. The van der Waals surface area contributed by atoms with Gasteiger partial charge in [-0.1, -0.05) is 30.3 Å². The molecule has 0 heterocycles. The highest BCUT2D eigenvalue weighted by atomic mass is 16.2. The number of amides is 1. The van der Waals surface area contributed by atoms with E-state index < -0.39 is 0 Å². The van der Waals surface area contributed by atoms with Gasteiger partial charge in [0.25, 0.3) is 0 Å². The molecule has 1 aliphatic rings. The van der Waals surface area contributed by atoms with Crippen LogP contribution >= 0.6 is 0 Å². The van der Waals surface area contributed by atoms with E-state index in [0.29, 0.717) is 0 Å². The highest BCUT2D eigenvalue weighted by Gasteiger charge is 2.14. The lowest BCUT2D eigenvalue weighted by molar-refractivity contribution is -0.118. The third kappa shape index (κ3) is 1.78. The Labute approximate surface area is 106 Å². The van der Waals surface area contributed by atoms with Crippen molar-refractivity contribution in [1.29, 1.82) is 0 Å². The summed E-state index contributed by atoms with van der Waals surface area (Å²) < 4.78 is 0. The van der Waals surface area contributed by atoms with Crippen LogP contribution in [0.3, 0.4) is 0 Å². The first-order valence-electron chi connectivity index (χ1n) is 6.09. The van der Waals surface area contributed by atoms with Crippen LogP contribution in [0.5, 0.6) is 0 Å². The van der Waals surface area contributed by atoms with E-state index in [1.165, 1.54) is 28.8 Å². The molecule has 0 saturated heterocycles. The number of carbonyl (C=O) groups is 1. The summed E-state index contributed by atoms with van der Waals surface area (Å²) in [4.78, 5) is 10.8. The van der Waals surface area contributed by atoms with Gasteiger partial charge in [-0.15, -0.1) is 0 Å². The number of hydrogen-bond acceptors (Lipinski definition) is 2. The number of hydrogen-bond donors (Lipinski definition) is 1. The molecule has 0 bridgehead atoms. The second-order valence-electron chi connectivity index (χ2n) is 4.58. The smallest absolute Gasteiger partial charge is 0.236 e.